The Labute approximate surface area is 252 Å². The Bertz CT molecular complexity index is 2420. The smallest absolute Gasteiger partial charge is 0.160 e. The fourth-order valence-electron chi connectivity index (χ4n) is 6.17. The molecular weight excluding hydrogens is 540 g/mol. The van der Waals surface area contributed by atoms with Crippen LogP contribution in [0, 0.1) is 0 Å². The SMILES string of the molecule is c1ccc(-c2ccc3oc4ccc5oc6ccc(-c7cc(-c8ccccc8)nc(-c8ccccc8)n7)cc6c5c4c3c2)cc1. The summed E-state index contributed by atoms with van der Waals surface area (Å²) in [6, 6.07) is 49.6. The second kappa shape index (κ2) is 9.79. The molecule has 0 atom stereocenters. The van der Waals surface area contributed by atoms with E-state index in [1.807, 2.05) is 72.8 Å². The van der Waals surface area contributed by atoms with Gasteiger partial charge in [0.05, 0.1) is 11.4 Å². The first kappa shape index (κ1) is 24.6. The number of hydrogen-bond donors (Lipinski definition) is 0. The molecule has 4 heteroatoms. The molecule has 9 rings (SSSR count). The maximum Gasteiger partial charge on any atom is 0.160 e. The molecule has 0 aliphatic rings. The van der Waals surface area contributed by atoms with E-state index in [0.29, 0.717) is 5.82 Å². The van der Waals surface area contributed by atoms with E-state index in [1.165, 1.54) is 5.56 Å². The van der Waals surface area contributed by atoms with Crippen molar-refractivity contribution in [1.82, 2.24) is 9.97 Å². The van der Waals surface area contributed by atoms with E-state index in [0.717, 1.165) is 77.5 Å². The van der Waals surface area contributed by atoms with Gasteiger partial charge in [0.25, 0.3) is 0 Å². The van der Waals surface area contributed by atoms with Crippen LogP contribution in [0.1, 0.15) is 0 Å². The molecular formula is C40H24N2O2. The number of benzene rings is 6. The standard InChI is InChI=1S/C40H24N2O2/c1-4-10-25(11-5-1)28-16-18-34-30(22-28)38-36(43-34)20-21-37-39(38)31-23-29(17-19-35(31)44-37)33-24-32(26-12-6-2-7-13-26)41-40(42-33)27-14-8-3-9-15-27/h1-24H. The second-order valence-electron chi connectivity index (χ2n) is 11.0. The maximum atomic E-state index is 6.40. The molecule has 0 aliphatic carbocycles. The van der Waals surface area contributed by atoms with Gasteiger partial charge in [-0.05, 0) is 59.7 Å². The van der Waals surface area contributed by atoms with Gasteiger partial charge in [0.2, 0.25) is 0 Å². The van der Waals surface area contributed by atoms with E-state index < -0.39 is 0 Å². The van der Waals surface area contributed by atoms with E-state index in [9.17, 15) is 0 Å². The van der Waals surface area contributed by atoms with Crippen molar-refractivity contribution < 1.29 is 8.83 Å². The quantitative estimate of drug-likeness (QED) is 0.213. The van der Waals surface area contributed by atoms with Gasteiger partial charge in [-0.2, -0.15) is 0 Å². The Morgan fingerprint density at radius 2 is 0.795 bits per heavy atom. The predicted molar refractivity (Wildman–Crippen MR) is 178 cm³/mol. The van der Waals surface area contributed by atoms with Crippen LogP contribution in [0.25, 0.3) is 88.9 Å². The highest BCUT2D eigenvalue weighted by Gasteiger charge is 2.18. The first-order chi connectivity index (χ1) is 21.8. The van der Waals surface area contributed by atoms with Crippen molar-refractivity contribution in [3.05, 3.63) is 146 Å². The summed E-state index contributed by atoms with van der Waals surface area (Å²) in [6.45, 7) is 0. The van der Waals surface area contributed by atoms with Crippen molar-refractivity contribution in [3.63, 3.8) is 0 Å². The maximum absolute atomic E-state index is 6.40. The lowest BCUT2D eigenvalue weighted by Crippen LogP contribution is -1.95. The van der Waals surface area contributed by atoms with Gasteiger partial charge >= 0.3 is 0 Å². The van der Waals surface area contributed by atoms with Gasteiger partial charge < -0.3 is 8.83 Å². The van der Waals surface area contributed by atoms with Gasteiger partial charge in [0, 0.05) is 38.2 Å². The van der Waals surface area contributed by atoms with Gasteiger partial charge in [0.1, 0.15) is 22.3 Å². The Morgan fingerprint density at radius 3 is 1.39 bits per heavy atom. The normalized spacial score (nSPS) is 11.6. The average Bonchev–Trinajstić information content (AvgIpc) is 3.66. The lowest BCUT2D eigenvalue weighted by atomic mass is 9.99. The van der Waals surface area contributed by atoms with Crippen molar-refractivity contribution in [2.45, 2.75) is 0 Å². The van der Waals surface area contributed by atoms with Crippen LogP contribution < -0.4 is 0 Å². The number of hydrogen-bond acceptors (Lipinski definition) is 4. The van der Waals surface area contributed by atoms with Gasteiger partial charge in [-0.15, -0.1) is 0 Å². The molecule has 0 saturated heterocycles. The summed E-state index contributed by atoms with van der Waals surface area (Å²) < 4.78 is 12.7. The Balaban J connectivity index is 1.28. The number of nitrogens with zero attached hydrogens (tertiary/aromatic N) is 2. The van der Waals surface area contributed by atoms with Crippen LogP contribution in [0.2, 0.25) is 0 Å². The first-order valence-electron chi connectivity index (χ1n) is 14.7. The van der Waals surface area contributed by atoms with Crippen LogP contribution in [0.15, 0.2) is 154 Å². The minimum absolute atomic E-state index is 0.691. The summed E-state index contributed by atoms with van der Waals surface area (Å²) in [5, 5.41) is 4.20. The molecule has 0 N–H and O–H groups in total. The molecule has 0 amide bonds. The highest BCUT2D eigenvalue weighted by Crippen LogP contribution is 2.42. The fourth-order valence-corrected chi connectivity index (χ4v) is 6.17. The summed E-state index contributed by atoms with van der Waals surface area (Å²) in [5.74, 6) is 0.691. The topological polar surface area (TPSA) is 52.1 Å². The third-order valence-electron chi connectivity index (χ3n) is 8.30. The molecule has 4 nitrogen and oxygen atoms in total. The van der Waals surface area contributed by atoms with Crippen LogP contribution in [-0.2, 0) is 0 Å². The van der Waals surface area contributed by atoms with E-state index in [-0.39, 0.29) is 0 Å². The van der Waals surface area contributed by atoms with Gasteiger partial charge in [0.15, 0.2) is 5.82 Å². The molecule has 206 valence electrons. The second-order valence-corrected chi connectivity index (χ2v) is 11.0. The van der Waals surface area contributed by atoms with Gasteiger partial charge in [-0.3, -0.25) is 0 Å². The number of fused-ring (bicyclic) bond motifs is 7. The molecule has 6 aromatic carbocycles. The Hall–Kier alpha value is -6.00. The molecule has 0 spiro atoms. The van der Waals surface area contributed by atoms with Crippen LogP contribution in [0.3, 0.4) is 0 Å². The van der Waals surface area contributed by atoms with Crippen molar-refractivity contribution >= 4 is 43.9 Å². The van der Waals surface area contributed by atoms with E-state index in [4.69, 9.17) is 18.8 Å². The van der Waals surface area contributed by atoms with Crippen LogP contribution in [0.5, 0.6) is 0 Å². The zero-order valence-electron chi connectivity index (χ0n) is 23.6. The molecule has 0 radical (unpaired) electrons. The zero-order valence-corrected chi connectivity index (χ0v) is 23.6. The molecule has 9 aromatic rings. The molecule has 3 heterocycles. The minimum Gasteiger partial charge on any atom is -0.456 e. The summed E-state index contributed by atoms with van der Waals surface area (Å²) in [7, 11) is 0. The summed E-state index contributed by atoms with van der Waals surface area (Å²) in [4.78, 5) is 10.0. The van der Waals surface area contributed by atoms with Crippen LogP contribution in [-0.4, -0.2) is 9.97 Å². The monoisotopic (exact) mass is 564 g/mol. The summed E-state index contributed by atoms with van der Waals surface area (Å²) in [6.07, 6.45) is 0. The number of furan rings is 2. The van der Waals surface area contributed by atoms with E-state index in [1.54, 1.807) is 0 Å². The van der Waals surface area contributed by atoms with Crippen molar-refractivity contribution in [1.29, 1.82) is 0 Å². The molecule has 0 fully saturated rings. The number of rotatable bonds is 4. The Morgan fingerprint density at radius 1 is 0.341 bits per heavy atom. The molecule has 0 saturated carbocycles. The lowest BCUT2D eigenvalue weighted by molar-refractivity contribution is 0.663. The predicted octanol–water partition coefficient (Wildman–Crippen LogP) is 10.9. The molecule has 44 heavy (non-hydrogen) atoms. The van der Waals surface area contributed by atoms with Gasteiger partial charge in [-0.1, -0.05) is 97.1 Å². The highest BCUT2D eigenvalue weighted by atomic mass is 16.3. The molecule has 0 bridgehead atoms. The third-order valence-corrected chi connectivity index (χ3v) is 8.30. The van der Waals surface area contributed by atoms with Crippen molar-refractivity contribution in [2.24, 2.45) is 0 Å². The fraction of sp³-hybridized carbons (Fsp3) is 0. The lowest BCUT2D eigenvalue weighted by Gasteiger charge is -2.09. The average molecular weight is 565 g/mol. The summed E-state index contributed by atoms with van der Waals surface area (Å²) >= 11 is 0. The molecule has 0 unspecified atom stereocenters. The minimum atomic E-state index is 0.691. The van der Waals surface area contributed by atoms with Crippen LogP contribution in [0.4, 0.5) is 0 Å². The highest BCUT2D eigenvalue weighted by molar-refractivity contribution is 6.26. The van der Waals surface area contributed by atoms with Gasteiger partial charge in [-0.25, -0.2) is 9.97 Å². The largest absolute Gasteiger partial charge is 0.456 e. The van der Waals surface area contributed by atoms with E-state index >= 15 is 0 Å². The van der Waals surface area contributed by atoms with Crippen molar-refractivity contribution in [2.75, 3.05) is 0 Å². The molecule has 3 aromatic heterocycles. The van der Waals surface area contributed by atoms with Crippen LogP contribution >= 0.6 is 0 Å². The zero-order chi connectivity index (χ0) is 29.0. The summed E-state index contributed by atoms with van der Waals surface area (Å²) in [5.41, 5.74) is 10.4. The number of aromatic nitrogens is 2. The third kappa shape index (κ3) is 4.00. The Kier molecular flexibility index (Phi) is 5.47. The van der Waals surface area contributed by atoms with E-state index in [2.05, 4.69) is 72.8 Å². The first-order valence-corrected chi connectivity index (χ1v) is 14.7. The van der Waals surface area contributed by atoms with Crippen molar-refractivity contribution in [3.8, 4) is 45.0 Å². The molecule has 0 aliphatic heterocycles.